The molecule has 0 aromatic rings. The van der Waals surface area contributed by atoms with Crippen LogP contribution in [0.4, 0.5) is 0 Å². The third-order valence-corrected chi connectivity index (χ3v) is 1.48. The second-order valence-corrected chi connectivity index (χ2v) is 3.08. The van der Waals surface area contributed by atoms with Gasteiger partial charge in [0.2, 0.25) is 0 Å². The number of hydrogen-bond acceptors (Lipinski definition) is 5. The van der Waals surface area contributed by atoms with Crippen LogP contribution in [-0.4, -0.2) is 50.5 Å². The Labute approximate surface area is 97.0 Å². The first-order chi connectivity index (χ1) is 7.59. The first kappa shape index (κ1) is 17.5. The SMILES string of the molecule is C/C(=C\C(=O)O)C(=O)O.C[C@@H](O)[C@H](N)C(=O)O. The van der Waals surface area contributed by atoms with Gasteiger partial charge >= 0.3 is 17.9 Å². The second-order valence-electron chi connectivity index (χ2n) is 3.08. The zero-order chi connectivity index (χ0) is 14.2. The van der Waals surface area contributed by atoms with Crippen molar-refractivity contribution in [1.82, 2.24) is 0 Å². The summed E-state index contributed by atoms with van der Waals surface area (Å²) in [5.41, 5.74) is 4.73. The molecule has 0 unspecified atom stereocenters. The van der Waals surface area contributed by atoms with Gasteiger partial charge in [-0.1, -0.05) is 0 Å². The van der Waals surface area contributed by atoms with Gasteiger partial charge < -0.3 is 26.2 Å². The molecule has 0 spiro atoms. The highest BCUT2D eigenvalue weighted by Gasteiger charge is 2.16. The van der Waals surface area contributed by atoms with E-state index in [4.69, 9.17) is 26.2 Å². The number of carbonyl (C=O) groups is 3. The number of carboxylic acids is 3. The lowest BCUT2D eigenvalue weighted by Gasteiger charge is -2.06. The number of nitrogens with two attached hydrogens (primary N) is 1. The van der Waals surface area contributed by atoms with Gasteiger partial charge in [0.05, 0.1) is 6.10 Å². The molecule has 0 radical (unpaired) electrons. The van der Waals surface area contributed by atoms with E-state index in [9.17, 15) is 14.4 Å². The molecule has 0 heterocycles. The summed E-state index contributed by atoms with van der Waals surface area (Å²) in [5.74, 6) is -3.63. The zero-order valence-electron chi connectivity index (χ0n) is 9.32. The normalized spacial score (nSPS) is 14.0. The van der Waals surface area contributed by atoms with Crippen molar-refractivity contribution in [2.45, 2.75) is 26.0 Å². The molecule has 0 amide bonds. The fourth-order valence-corrected chi connectivity index (χ4v) is 0.453. The lowest BCUT2D eigenvalue weighted by atomic mass is 10.2. The molecule has 0 aliphatic heterocycles. The largest absolute Gasteiger partial charge is 0.480 e. The molecule has 6 N–H and O–H groups in total. The highest BCUT2D eigenvalue weighted by Crippen LogP contribution is 1.89. The van der Waals surface area contributed by atoms with Crippen LogP contribution in [0.15, 0.2) is 11.6 Å². The Morgan fingerprint density at radius 1 is 1.18 bits per heavy atom. The summed E-state index contributed by atoms with van der Waals surface area (Å²) in [4.78, 5) is 29.5. The van der Waals surface area contributed by atoms with Crippen LogP contribution in [0.2, 0.25) is 0 Å². The van der Waals surface area contributed by atoms with Gasteiger partial charge in [-0.2, -0.15) is 0 Å². The molecule has 0 fully saturated rings. The molecule has 0 saturated heterocycles. The number of carboxylic acid groups (broad SMARTS) is 3. The Balaban J connectivity index is 0. The fourth-order valence-electron chi connectivity index (χ4n) is 0.453. The van der Waals surface area contributed by atoms with Crippen LogP contribution < -0.4 is 5.73 Å². The van der Waals surface area contributed by atoms with Gasteiger partial charge in [0.25, 0.3) is 0 Å². The fraction of sp³-hybridized carbons (Fsp3) is 0.444. The molecule has 0 aliphatic rings. The summed E-state index contributed by atoms with van der Waals surface area (Å²) in [7, 11) is 0. The van der Waals surface area contributed by atoms with E-state index >= 15 is 0 Å². The molecule has 8 nitrogen and oxygen atoms in total. The van der Waals surface area contributed by atoms with Crippen molar-refractivity contribution in [3.8, 4) is 0 Å². The standard InChI is InChI=1S/C5H6O4.C4H9NO3/c1-3(5(8)9)2-4(6)7;1-2(6)3(5)4(7)8/h2H,1H3,(H,6,7)(H,8,9);2-3,6H,5H2,1H3,(H,7,8)/b3-2+;/t;2-,3+/m.1/s1. The first-order valence-corrected chi connectivity index (χ1v) is 4.40. The van der Waals surface area contributed by atoms with Crippen LogP contribution in [-0.2, 0) is 14.4 Å². The average molecular weight is 249 g/mol. The van der Waals surface area contributed by atoms with Crippen molar-refractivity contribution >= 4 is 17.9 Å². The lowest BCUT2D eigenvalue weighted by molar-refractivity contribution is -0.141. The molecule has 0 aromatic carbocycles. The third kappa shape index (κ3) is 10.4. The monoisotopic (exact) mass is 249 g/mol. The van der Waals surface area contributed by atoms with Crippen molar-refractivity contribution in [2.24, 2.45) is 5.73 Å². The van der Waals surface area contributed by atoms with Crippen LogP contribution >= 0.6 is 0 Å². The molecule has 0 aromatic heterocycles. The van der Waals surface area contributed by atoms with Crippen LogP contribution in [0.3, 0.4) is 0 Å². The third-order valence-electron chi connectivity index (χ3n) is 1.48. The molecule has 0 aliphatic carbocycles. The predicted octanol–water partition coefficient (Wildman–Crippen LogP) is -1.12. The summed E-state index contributed by atoms with van der Waals surface area (Å²) in [6.07, 6.45) is -0.338. The molecule has 0 bridgehead atoms. The smallest absolute Gasteiger partial charge is 0.331 e. The Hall–Kier alpha value is -1.93. The number of aliphatic hydroxyl groups is 1. The molecule has 0 saturated carbocycles. The first-order valence-electron chi connectivity index (χ1n) is 4.40. The topological polar surface area (TPSA) is 158 Å². The summed E-state index contributed by atoms with van der Waals surface area (Å²) in [6, 6.07) is -1.16. The van der Waals surface area contributed by atoms with Crippen LogP contribution in [0, 0.1) is 0 Å². The molecule has 98 valence electrons. The number of hydrogen-bond donors (Lipinski definition) is 5. The Bertz CT molecular complexity index is 321. The van der Waals surface area contributed by atoms with E-state index in [1.165, 1.54) is 13.8 Å². The van der Waals surface area contributed by atoms with Crippen molar-refractivity contribution in [1.29, 1.82) is 0 Å². The van der Waals surface area contributed by atoms with E-state index in [0.717, 1.165) is 0 Å². The van der Waals surface area contributed by atoms with E-state index in [2.05, 4.69) is 0 Å². The van der Waals surface area contributed by atoms with Crippen LogP contribution in [0.5, 0.6) is 0 Å². The summed E-state index contributed by atoms with van der Waals surface area (Å²) in [5, 5.41) is 32.6. The predicted molar refractivity (Wildman–Crippen MR) is 56.3 cm³/mol. The van der Waals surface area contributed by atoms with E-state index < -0.39 is 30.1 Å². The van der Waals surface area contributed by atoms with Crippen LogP contribution in [0.25, 0.3) is 0 Å². The minimum absolute atomic E-state index is 0.178. The highest BCUT2D eigenvalue weighted by molar-refractivity contribution is 5.93. The Morgan fingerprint density at radius 2 is 1.59 bits per heavy atom. The highest BCUT2D eigenvalue weighted by atomic mass is 16.4. The minimum atomic E-state index is -1.24. The average Bonchev–Trinajstić information content (AvgIpc) is 2.15. The van der Waals surface area contributed by atoms with E-state index in [0.29, 0.717) is 6.08 Å². The van der Waals surface area contributed by atoms with Gasteiger partial charge in [-0.3, -0.25) is 4.79 Å². The van der Waals surface area contributed by atoms with Gasteiger partial charge in [0.15, 0.2) is 0 Å². The minimum Gasteiger partial charge on any atom is -0.480 e. The van der Waals surface area contributed by atoms with Gasteiger partial charge in [-0.25, -0.2) is 9.59 Å². The lowest BCUT2D eigenvalue weighted by Crippen LogP contribution is -2.39. The Morgan fingerprint density at radius 3 is 1.65 bits per heavy atom. The quantitative estimate of drug-likeness (QED) is 0.392. The number of aliphatic hydroxyl groups excluding tert-OH is 1. The van der Waals surface area contributed by atoms with Gasteiger partial charge in [-0.05, 0) is 13.8 Å². The molecule has 17 heavy (non-hydrogen) atoms. The zero-order valence-corrected chi connectivity index (χ0v) is 9.32. The van der Waals surface area contributed by atoms with E-state index in [1.807, 2.05) is 0 Å². The second kappa shape index (κ2) is 8.25. The van der Waals surface area contributed by atoms with Gasteiger partial charge in [0, 0.05) is 11.6 Å². The molecular formula is C9H15NO7. The van der Waals surface area contributed by atoms with Gasteiger partial charge in [0.1, 0.15) is 6.04 Å². The van der Waals surface area contributed by atoms with Crippen molar-refractivity contribution in [3.63, 3.8) is 0 Å². The van der Waals surface area contributed by atoms with Gasteiger partial charge in [-0.15, -0.1) is 0 Å². The molecule has 0 rings (SSSR count). The number of rotatable bonds is 4. The molecule has 8 heteroatoms. The maximum atomic E-state index is 9.90. The number of aliphatic carboxylic acids is 3. The maximum Gasteiger partial charge on any atom is 0.331 e. The molecular weight excluding hydrogens is 234 g/mol. The Kier molecular flexibility index (Phi) is 8.47. The van der Waals surface area contributed by atoms with Crippen molar-refractivity contribution < 1.29 is 34.8 Å². The summed E-state index contributed by atoms with van der Waals surface area (Å²) < 4.78 is 0. The summed E-state index contributed by atoms with van der Waals surface area (Å²) >= 11 is 0. The maximum absolute atomic E-state index is 9.90. The van der Waals surface area contributed by atoms with Crippen molar-refractivity contribution in [3.05, 3.63) is 11.6 Å². The van der Waals surface area contributed by atoms with Crippen molar-refractivity contribution in [2.75, 3.05) is 0 Å². The summed E-state index contributed by atoms with van der Waals surface area (Å²) in [6.45, 7) is 2.55. The van der Waals surface area contributed by atoms with E-state index in [-0.39, 0.29) is 5.57 Å². The van der Waals surface area contributed by atoms with E-state index in [1.54, 1.807) is 0 Å². The molecule has 2 atom stereocenters. The van der Waals surface area contributed by atoms with Crippen LogP contribution in [0.1, 0.15) is 13.8 Å².